The second-order valence-electron chi connectivity index (χ2n) is 9.88. The first-order valence-corrected chi connectivity index (χ1v) is 14.3. The Morgan fingerprint density at radius 3 is 2.12 bits per heavy atom. The number of carboxylic acid groups (broad SMARTS) is 2. The summed E-state index contributed by atoms with van der Waals surface area (Å²) in [4.78, 5) is 34.9. The lowest BCUT2D eigenvalue weighted by molar-refractivity contribution is -0.268. The number of thioether (sulfide) groups is 1. The molecular weight excluding hydrogens is 546 g/mol. The van der Waals surface area contributed by atoms with Crippen molar-refractivity contribution >= 4 is 35.3 Å². The van der Waals surface area contributed by atoms with Crippen LogP contribution in [0.2, 0.25) is 0 Å². The van der Waals surface area contributed by atoms with Crippen LogP contribution in [-0.2, 0) is 25.7 Å². The van der Waals surface area contributed by atoms with Crippen LogP contribution in [0, 0.1) is 5.92 Å². The quantitative estimate of drug-likeness (QED) is 0.200. The molecular formula is C31H33NO8S. The van der Waals surface area contributed by atoms with Gasteiger partial charge in [-0.2, -0.15) is 0 Å². The maximum Gasteiger partial charge on any atom is 0.335 e. The zero-order valence-corrected chi connectivity index (χ0v) is 23.4. The van der Waals surface area contributed by atoms with Gasteiger partial charge in [-0.15, -0.1) is 11.8 Å². The zero-order valence-electron chi connectivity index (χ0n) is 22.6. The summed E-state index contributed by atoms with van der Waals surface area (Å²) in [6.45, 7) is 2.03. The molecule has 0 aliphatic carbocycles. The Labute approximate surface area is 242 Å². The van der Waals surface area contributed by atoms with Gasteiger partial charge in [0.25, 0.3) is 0 Å². The maximum atomic E-state index is 12.1. The Kier molecular flexibility index (Phi) is 10.5. The summed E-state index contributed by atoms with van der Waals surface area (Å²) in [5.74, 6) is -1.55. The van der Waals surface area contributed by atoms with E-state index in [1.54, 1.807) is 48.2 Å². The number of anilines is 1. The van der Waals surface area contributed by atoms with E-state index in [9.17, 15) is 19.5 Å². The van der Waals surface area contributed by atoms with Gasteiger partial charge in [-0.1, -0.05) is 43.3 Å². The normalized spacial score (nSPS) is 20.3. The van der Waals surface area contributed by atoms with Crippen LogP contribution in [0.4, 0.5) is 5.69 Å². The molecule has 1 aliphatic heterocycles. The van der Waals surface area contributed by atoms with Gasteiger partial charge < -0.3 is 30.1 Å². The fraction of sp³-hybridized carbons (Fsp3) is 0.323. The van der Waals surface area contributed by atoms with Gasteiger partial charge in [-0.3, -0.25) is 9.59 Å². The molecule has 0 radical (unpaired) electrons. The SMILES string of the molecule is C[C@@H]1[C@H](CSc2ccc(C(=O)O)cc2)O[C@H](c2ccc(NC(=O)CCCC(=O)O)cc2)O[C@@H]1c1ccc(CO)cc1. The highest BCUT2D eigenvalue weighted by Crippen LogP contribution is 2.43. The fourth-order valence-corrected chi connectivity index (χ4v) is 5.60. The van der Waals surface area contributed by atoms with Gasteiger partial charge in [0.2, 0.25) is 5.91 Å². The predicted octanol–water partition coefficient (Wildman–Crippen LogP) is 5.65. The number of aliphatic hydroxyl groups is 1. The molecule has 0 bridgehead atoms. The predicted molar refractivity (Wildman–Crippen MR) is 154 cm³/mol. The molecule has 41 heavy (non-hydrogen) atoms. The lowest BCUT2D eigenvalue weighted by Gasteiger charge is -2.41. The molecule has 1 heterocycles. The van der Waals surface area contributed by atoms with Crippen LogP contribution in [0.5, 0.6) is 0 Å². The molecule has 4 atom stereocenters. The number of benzene rings is 3. The average molecular weight is 580 g/mol. The van der Waals surface area contributed by atoms with Crippen LogP contribution < -0.4 is 5.32 Å². The summed E-state index contributed by atoms with van der Waals surface area (Å²) < 4.78 is 12.9. The summed E-state index contributed by atoms with van der Waals surface area (Å²) in [7, 11) is 0. The summed E-state index contributed by atoms with van der Waals surface area (Å²) >= 11 is 1.58. The average Bonchev–Trinajstić information content (AvgIpc) is 2.97. The summed E-state index contributed by atoms with van der Waals surface area (Å²) in [5, 5.41) is 30.2. The number of aliphatic carboxylic acids is 1. The molecule has 10 heteroatoms. The molecule has 1 saturated heterocycles. The van der Waals surface area contributed by atoms with Gasteiger partial charge in [-0.25, -0.2) is 4.79 Å². The minimum absolute atomic E-state index is 0.0126. The van der Waals surface area contributed by atoms with Crippen molar-refractivity contribution < 1.29 is 39.2 Å². The molecule has 1 fully saturated rings. The number of carbonyl (C=O) groups is 3. The summed E-state index contributed by atoms with van der Waals surface area (Å²) in [5.41, 5.74) is 3.37. The highest BCUT2D eigenvalue weighted by molar-refractivity contribution is 7.99. The van der Waals surface area contributed by atoms with Gasteiger partial charge in [0.05, 0.1) is 24.4 Å². The molecule has 0 saturated carbocycles. The Balaban J connectivity index is 1.48. The molecule has 0 spiro atoms. The van der Waals surface area contributed by atoms with Crippen LogP contribution in [0.3, 0.4) is 0 Å². The number of amides is 1. The molecule has 9 nitrogen and oxygen atoms in total. The first-order chi connectivity index (χ1) is 19.7. The number of hydrogen-bond acceptors (Lipinski definition) is 7. The smallest absolute Gasteiger partial charge is 0.335 e. The van der Waals surface area contributed by atoms with E-state index in [2.05, 4.69) is 12.2 Å². The topological polar surface area (TPSA) is 142 Å². The molecule has 4 rings (SSSR count). The van der Waals surface area contributed by atoms with Gasteiger partial charge in [-0.05, 0) is 53.9 Å². The highest BCUT2D eigenvalue weighted by atomic mass is 32.2. The van der Waals surface area contributed by atoms with Crippen LogP contribution in [-0.4, -0.2) is 45.0 Å². The Hall–Kier alpha value is -3.70. The Morgan fingerprint density at radius 1 is 0.854 bits per heavy atom. The third-order valence-electron chi connectivity index (χ3n) is 6.90. The van der Waals surface area contributed by atoms with Crippen molar-refractivity contribution in [1.82, 2.24) is 0 Å². The molecule has 0 aromatic heterocycles. The molecule has 3 aromatic rings. The number of ether oxygens (including phenoxy) is 2. The van der Waals surface area contributed by atoms with E-state index in [0.29, 0.717) is 11.4 Å². The number of carboxylic acids is 2. The highest BCUT2D eigenvalue weighted by Gasteiger charge is 2.38. The molecule has 1 amide bonds. The number of nitrogens with one attached hydrogen (secondary N) is 1. The standard InChI is InChI=1S/C31H33NO8S/c1-19-26(18-41-25-15-11-22(12-16-25)30(37)38)39-31(40-29(19)21-7-5-20(17-33)6-8-21)23-9-13-24(14-10-23)32-27(34)3-2-4-28(35)36/h5-16,19,26,29,31,33H,2-4,17-18H2,1H3,(H,32,34)(H,35,36)(H,37,38)/t19-,26+,29+,31+/m1/s1. The second-order valence-corrected chi connectivity index (χ2v) is 11.0. The van der Waals surface area contributed by atoms with Gasteiger partial charge in [0.1, 0.15) is 0 Å². The number of aromatic carboxylic acids is 1. The first-order valence-electron chi connectivity index (χ1n) is 13.3. The van der Waals surface area contributed by atoms with Gasteiger partial charge in [0, 0.05) is 40.7 Å². The van der Waals surface area contributed by atoms with Crippen molar-refractivity contribution in [3.05, 3.63) is 95.1 Å². The van der Waals surface area contributed by atoms with Crippen molar-refractivity contribution in [1.29, 1.82) is 0 Å². The van der Waals surface area contributed by atoms with Crippen molar-refractivity contribution in [2.24, 2.45) is 5.92 Å². The number of rotatable bonds is 12. The molecule has 3 aromatic carbocycles. The van der Waals surface area contributed by atoms with Crippen molar-refractivity contribution in [3.8, 4) is 0 Å². The molecule has 4 N–H and O–H groups in total. The van der Waals surface area contributed by atoms with E-state index in [1.165, 1.54) is 0 Å². The van der Waals surface area contributed by atoms with E-state index in [4.69, 9.17) is 19.7 Å². The Bertz CT molecular complexity index is 1330. The summed E-state index contributed by atoms with van der Waals surface area (Å²) in [6.07, 6.45) is -0.822. The van der Waals surface area contributed by atoms with Gasteiger partial charge >= 0.3 is 11.9 Å². The largest absolute Gasteiger partial charge is 0.481 e. The lowest BCUT2D eigenvalue weighted by atomic mass is 9.91. The number of hydrogen-bond donors (Lipinski definition) is 4. The summed E-state index contributed by atoms with van der Waals surface area (Å²) in [6, 6.07) is 21.6. The minimum atomic E-state index is -0.968. The van der Waals surface area contributed by atoms with Crippen LogP contribution >= 0.6 is 11.8 Å². The first kappa shape index (κ1) is 30.3. The minimum Gasteiger partial charge on any atom is -0.481 e. The lowest BCUT2D eigenvalue weighted by Crippen LogP contribution is -2.38. The van der Waals surface area contributed by atoms with E-state index < -0.39 is 18.2 Å². The number of carbonyl (C=O) groups excluding carboxylic acids is 1. The molecule has 1 aliphatic rings. The van der Waals surface area contributed by atoms with E-state index >= 15 is 0 Å². The van der Waals surface area contributed by atoms with E-state index in [1.807, 2.05) is 36.4 Å². The number of aliphatic hydroxyl groups excluding tert-OH is 1. The monoisotopic (exact) mass is 579 g/mol. The van der Waals surface area contributed by atoms with Crippen molar-refractivity contribution in [3.63, 3.8) is 0 Å². The Morgan fingerprint density at radius 2 is 1.51 bits per heavy atom. The third kappa shape index (κ3) is 8.40. The van der Waals surface area contributed by atoms with E-state index in [-0.39, 0.29) is 55.5 Å². The van der Waals surface area contributed by atoms with E-state index in [0.717, 1.165) is 21.6 Å². The third-order valence-corrected chi connectivity index (χ3v) is 8.00. The molecule has 216 valence electrons. The zero-order chi connectivity index (χ0) is 29.4. The second kappa shape index (κ2) is 14.3. The van der Waals surface area contributed by atoms with Crippen LogP contribution in [0.1, 0.15) is 65.6 Å². The van der Waals surface area contributed by atoms with Gasteiger partial charge in [0.15, 0.2) is 6.29 Å². The molecule has 0 unspecified atom stereocenters. The van der Waals surface area contributed by atoms with Crippen molar-refractivity contribution in [2.75, 3.05) is 11.1 Å². The van der Waals surface area contributed by atoms with Crippen LogP contribution in [0.15, 0.2) is 77.7 Å². The van der Waals surface area contributed by atoms with Crippen LogP contribution in [0.25, 0.3) is 0 Å². The van der Waals surface area contributed by atoms with Crippen molar-refractivity contribution in [2.45, 2.75) is 56.2 Å². The fourth-order valence-electron chi connectivity index (χ4n) is 4.53. The maximum absolute atomic E-state index is 12.1.